The fourth-order valence-corrected chi connectivity index (χ4v) is 4.17. The molecule has 0 saturated heterocycles. The third-order valence-electron chi connectivity index (χ3n) is 4.12. The number of aliphatic hydroxyl groups excluding tert-OH is 1. The molecule has 0 heterocycles. The molecule has 2 aromatic rings. The fourth-order valence-electron chi connectivity index (χ4n) is 2.84. The van der Waals surface area contributed by atoms with Crippen molar-refractivity contribution in [1.29, 1.82) is 0 Å². The minimum atomic E-state index is -0.463. The van der Waals surface area contributed by atoms with Crippen molar-refractivity contribution >= 4 is 26.7 Å². The Morgan fingerprint density at radius 1 is 0.958 bits per heavy atom. The van der Waals surface area contributed by atoms with Crippen LogP contribution >= 0.6 is 26.7 Å². The summed E-state index contributed by atoms with van der Waals surface area (Å²) in [5.74, 6) is 0. The van der Waals surface area contributed by atoms with Gasteiger partial charge in [-0.25, -0.2) is 0 Å². The standard InChI is InChI=1S/C18H27N2OP3/c19-16(11-14-7-3-1-4-8-14)13-18(21)17(20(22)24-23)12-15-9-5-2-6-10-15/h1-10,16-18,21,24H,11-13,19,22-23H2. The van der Waals surface area contributed by atoms with E-state index in [9.17, 15) is 5.11 Å². The second kappa shape index (κ2) is 10.6. The van der Waals surface area contributed by atoms with Crippen LogP contribution in [0.2, 0.25) is 0 Å². The lowest BCUT2D eigenvalue weighted by atomic mass is 9.95. The Balaban J connectivity index is 1.97. The molecule has 0 amide bonds. The number of nitrogens with zero attached hydrogens (tertiary/aromatic N) is 1. The molecular formula is C18H27N2OP3. The Labute approximate surface area is 151 Å². The topological polar surface area (TPSA) is 49.5 Å². The summed E-state index contributed by atoms with van der Waals surface area (Å²) in [5, 5.41) is 10.8. The molecule has 0 bridgehead atoms. The van der Waals surface area contributed by atoms with Crippen LogP contribution in [-0.4, -0.2) is 27.7 Å². The van der Waals surface area contributed by atoms with Gasteiger partial charge in [0, 0.05) is 12.1 Å². The van der Waals surface area contributed by atoms with Crippen LogP contribution in [-0.2, 0) is 12.8 Å². The van der Waals surface area contributed by atoms with Crippen LogP contribution in [0.25, 0.3) is 0 Å². The monoisotopic (exact) mass is 380 g/mol. The highest BCUT2D eigenvalue weighted by Crippen LogP contribution is 2.35. The van der Waals surface area contributed by atoms with E-state index in [2.05, 4.69) is 47.0 Å². The predicted molar refractivity (Wildman–Crippen MR) is 112 cm³/mol. The van der Waals surface area contributed by atoms with Crippen molar-refractivity contribution < 1.29 is 5.11 Å². The number of aliphatic hydroxyl groups is 1. The summed E-state index contributed by atoms with van der Waals surface area (Å²) in [7, 11) is 6.02. The van der Waals surface area contributed by atoms with Crippen molar-refractivity contribution in [3.63, 3.8) is 0 Å². The van der Waals surface area contributed by atoms with Crippen LogP contribution < -0.4 is 5.73 Å². The van der Waals surface area contributed by atoms with E-state index in [0.29, 0.717) is 14.8 Å². The lowest BCUT2D eigenvalue weighted by molar-refractivity contribution is 0.103. The number of rotatable bonds is 9. The van der Waals surface area contributed by atoms with Crippen LogP contribution in [0.3, 0.4) is 0 Å². The molecule has 3 nitrogen and oxygen atoms in total. The van der Waals surface area contributed by atoms with Crippen molar-refractivity contribution in [1.82, 2.24) is 4.44 Å². The Kier molecular flexibility index (Phi) is 8.77. The predicted octanol–water partition coefficient (Wildman–Crippen LogP) is 3.39. The summed E-state index contributed by atoms with van der Waals surface area (Å²) in [6, 6.07) is 20.5. The zero-order valence-corrected chi connectivity index (χ0v) is 17.1. The van der Waals surface area contributed by atoms with E-state index in [1.807, 2.05) is 36.4 Å². The SMILES string of the molecule is NC(Cc1ccccc1)CC(O)C(Cc1ccccc1)N(P)PP. The van der Waals surface area contributed by atoms with E-state index in [0.717, 1.165) is 12.8 Å². The molecule has 2 rings (SSSR count). The molecule has 0 aliphatic heterocycles. The highest BCUT2D eigenvalue weighted by Gasteiger charge is 2.25. The molecule has 0 fully saturated rings. The van der Waals surface area contributed by atoms with Crippen molar-refractivity contribution in [2.75, 3.05) is 0 Å². The number of nitrogens with two attached hydrogens (primary N) is 1. The molecular weight excluding hydrogens is 353 g/mol. The average molecular weight is 380 g/mol. The molecule has 2 aromatic carbocycles. The van der Waals surface area contributed by atoms with Gasteiger partial charge in [0.05, 0.1) is 6.10 Å². The molecule has 6 heteroatoms. The Morgan fingerprint density at radius 3 is 1.96 bits per heavy atom. The van der Waals surface area contributed by atoms with Crippen molar-refractivity contribution in [2.24, 2.45) is 5.73 Å². The molecule has 0 aliphatic rings. The third kappa shape index (κ3) is 6.49. The average Bonchev–Trinajstić information content (AvgIpc) is 2.60. The van der Waals surface area contributed by atoms with Crippen LogP contribution in [0.5, 0.6) is 0 Å². The van der Waals surface area contributed by atoms with Gasteiger partial charge in [-0.05, 0) is 38.8 Å². The van der Waals surface area contributed by atoms with E-state index in [-0.39, 0.29) is 12.1 Å². The molecule has 24 heavy (non-hydrogen) atoms. The van der Waals surface area contributed by atoms with Gasteiger partial charge in [0.25, 0.3) is 0 Å². The molecule has 0 spiro atoms. The van der Waals surface area contributed by atoms with Gasteiger partial charge in [-0.1, -0.05) is 79.0 Å². The molecule has 0 saturated carbocycles. The Morgan fingerprint density at radius 2 is 1.46 bits per heavy atom. The molecule has 6 unspecified atom stereocenters. The van der Waals surface area contributed by atoms with Crippen LogP contribution in [0.1, 0.15) is 17.5 Å². The molecule has 6 atom stereocenters. The van der Waals surface area contributed by atoms with E-state index in [1.165, 1.54) is 11.1 Å². The van der Waals surface area contributed by atoms with Gasteiger partial charge in [0.2, 0.25) is 0 Å². The summed E-state index contributed by atoms with van der Waals surface area (Å²) in [4.78, 5) is 0. The Bertz CT molecular complexity index is 585. The van der Waals surface area contributed by atoms with E-state index in [1.54, 1.807) is 0 Å². The fraction of sp³-hybridized carbons (Fsp3) is 0.333. The minimum Gasteiger partial charge on any atom is -0.391 e. The van der Waals surface area contributed by atoms with E-state index < -0.39 is 6.10 Å². The van der Waals surface area contributed by atoms with Crippen LogP contribution in [0.15, 0.2) is 60.7 Å². The van der Waals surface area contributed by atoms with E-state index >= 15 is 0 Å². The lowest BCUT2D eigenvalue weighted by Gasteiger charge is -2.32. The van der Waals surface area contributed by atoms with Crippen LogP contribution in [0.4, 0.5) is 0 Å². The molecule has 0 aliphatic carbocycles. The summed E-state index contributed by atoms with van der Waals surface area (Å²) < 4.78 is 2.12. The van der Waals surface area contributed by atoms with Gasteiger partial charge in [-0.15, -0.1) is 0 Å². The first-order valence-electron chi connectivity index (χ1n) is 8.12. The highest BCUT2D eigenvalue weighted by atomic mass is 32.0. The highest BCUT2D eigenvalue weighted by molar-refractivity contribution is 8.02. The largest absolute Gasteiger partial charge is 0.391 e. The quantitative estimate of drug-likeness (QED) is 0.656. The number of benzene rings is 2. The lowest BCUT2D eigenvalue weighted by Crippen LogP contribution is -2.40. The third-order valence-corrected chi connectivity index (χ3v) is 7.37. The summed E-state index contributed by atoms with van der Waals surface area (Å²) in [5.41, 5.74) is 8.74. The van der Waals surface area contributed by atoms with E-state index in [4.69, 9.17) is 5.73 Å². The first-order valence-corrected chi connectivity index (χ1v) is 11.4. The zero-order valence-electron chi connectivity index (χ0n) is 13.8. The number of hydrogen-bond acceptors (Lipinski definition) is 3. The van der Waals surface area contributed by atoms with Crippen molar-refractivity contribution in [3.05, 3.63) is 71.8 Å². The Hall–Kier alpha value is -0.390. The molecule has 130 valence electrons. The summed E-state index contributed by atoms with van der Waals surface area (Å²) in [6.45, 7) is 0. The second-order valence-electron chi connectivity index (χ2n) is 6.05. The first-order chi connectivity index (χ1) is 11.6. The normalized spacial score (nSPS) is 15.7. The van der Waals surface area contributed by atoms with Crippen molar-refractivity contribution in [2.45, 2.75) is 37.5 Å². The zero-order chi connectivity index (χ0) is 17.4. The van der Waals surface area contributed by atoms with Crippen molar-refractivity contribution in [3.8, 4) is 0 Å². The maximum atomic E-state index is 10.8. The first kappa shape index (κ1) is 19.9. The molecule has 3 N–H and O–H groups in total. The van der Waals surface area contributed by atoms with Gasteiger partial charge < -0.3 is 10.8 Å². The summed E-state index contributed by atoms with van der Waals surface area (Å²) in [6.07, 6.45) is 1.72. The number of hydrogen-bond donors (Lipinski definition) is 2. The van der Waals surface area contributed by atoms with Gasteiger partial charge >= 0.3 is 0 Å². The second-order valence-corrected chi connectivity index (χ2v) is 8.67. The minimum absolute atomic E-state index is 0.0371. The molecule has 0 radical (unpaired) electrons. The van der Waals surface area contributed by atoms with Gasteiger partial charge in [0.1, 0.15) is 0 Å². The van der Waals surface area contributed by atoms with Gasteiger partial charge in [-0.2, -0.15) is 0 Å². The van der Waals surface area contributed by atoms with Gasteiger partial charge in [0.15, 0.2) is 0 Å². The van der Waals surface area contributed by atoms with Crippen LogP contribution in [0, 0.1) is 0 Å². The molecule has 0 aromatic heterocycles. The smallest absolute Gasteiger partial charge is 0.0719 e. The summed E-state index contributed by atoms with van der Waals surface area (Å²) >= 11 is 0. The van der Waals surface area contributed by atoms with Gasteiger partial charge in [-0.3, -0.25) is 4.44 Å². The maximum Gasteiger partial charge on any atom is 0.0719 e. The maximum absolute atomic E-state index is 10.8.